The topological polar surface area (TPSA) is 214 Å². The van der Waals surface area contributed by atoms with Gasteiger partial charge in [0, 0.05) is 28.2 Å². The monoisotopic (exact) mass is 850 g/mol. The summed E-state index contributed by atoms with van der Waals surface area (Å²) in [5.74, 6) is -2.00. The minimum Gasteiger partial charge on any atom is -0.464 e. The minimum atomic E-state index is -1.28. The first-order valence-corrected chi connectivity index (χ1v) is 18.5. The number of aromatic nitrogens is 1. The van der Waals surface area contributed by atoms with E-state index in [0.29, 0.717) is 20.9 Å². The van der Waals surface area contributed by atoms with Crippen molar-refractivity contribution < 1.29 is 52.5 Å². The van der Waals surface area contributed by atoms with Gasteiger partial charge in [0.2, 0.25) is 11.9 Å². The zero-order chi connectivity index (χ0) is 42.8. The molecular formula is C38H55BrN6O11. The molecule has 1 aromatic carbocycles. The number of benzene rings is 1. The van der Waals surface area contributed by atoms with Gasteiger partial charge < -0.3 is 34.3 Å². The number of amides is 4. The summed E-state index contributed by atoms with van der Waals surface area (Å²) in [5.41, 5.74) is -2.87. The predicted octanol–water partition coefficient (Wildman–Crippen LogP) is 6.90. The number of hydrogen-bond donors (Lipinski definition) is 4. The van der Waals surface area contributed by atoms with E-state index in [2.05, 4.69) is 42.2 Å². The molecular weight excluding hydrogens is 796 g/mol. The number of carbonyl (C=O) groups is 6. The van der Waals surface area contributed by atoms with E-state index >= 15 is 0 Å². The van der Waals surface area contributed by atoms with Crippen molar-refractivity contribution in [1.29, 1.82) is 0 Å². The Morgan fingerprint density at radius 1 is 0.768 bits per heavy atom. The molecule has 0 saturated carbocycles. The van der Waals surface area contributed by atoms with E-state index in [9.17, 15) is 28.8 Å². The summed E-state index contributed by atoms with van der Waals surface area (Å²) < 4.78 is 28.4. The molecule has 0 bridgehead atoms. The number of alkyl carbamates (subject to hydrolysis) is 3. The molecule has 0 aliphatic rings. The van der Waals surface area contributed by atoms with Crippen LogP contribution >= 0.6 is 15.9 Å². The number of ether oxygens (including phenoxy) is 5. The molecule has 1 heterocycles. The molecule has 0 unspecified atom stereocenters. The second-order valence-corrected chi connectivity index (χ2v) is 17.4. The lowest BCUT2D eigenvalue weighted by Gasteiger charge is -2.23. The molecule has 18 heteroatoms. The number of nitrogens with one attached hydrogen (secondary N) is 4. The molecule has 0 aliphatic carbocycles. The molecule has 0 radical (unpaired) electrons. The lowest BCUT2D eigenvalue weighted by molar-refractivity contribution is -0.137. The quantitative estimate of drug-likeness (QED) is 0.0509. The fraction of sp³-hybridized carbons (Fsp3) is 0.553. The highest BCUT2D eigenvalue weighted by molar-refractivity contribution is 9.10. The van der Waals surface area contributed by atoms with E-state index in [1.165, 1.54) is 16.8 Å². The Hall–Kier alpha value is -5.13. The first kappa shape index (κ1) is 47.0. The summed E-state index contributed by atoms with van der Waals surface area (Å²) in [6.45, 7) is 20.0. The number of methoxy groups -OCH3 is 1. The molecule has 56 heavy (non-hydrogen) atoms. The maximum Gasteiger partial charge on any atom is 0.419 e. The summed E-state index contributed by atoms with van der Waals surface area (Å²) in [4.78, 5) is 82.2. The zero-order valence-electron chi connectivity index (χ0n) is 34.3. The second kappa shape index (κ2) is 19.1. The first-order chi connectivity index (χ1) is 25.6. The van der Waals surface area contributed by atoms with Crippen molar-refractivity contribution in [2.75, 3.05) is 13.7 Å². The molecule has 2 rings (SSSR count). The Bertz CT molecular complexity index is 1810. The molecule has 17 nitrogen and oxygen atoms in total. The van der Waals surface area contributed by atoms with Crippen molar-refractivity contribution in [3.8, 4) is 0 Å². The van der Waals surface area contributed by atoms with E-state index in [4.69, 9.17) is 23.7 Å². The molecule has 0 spiro atoms. The molecule has 0 fully saturated rings. The van der Waals surface area contributed by atoms with Gasteiger partial charge in [-0.25, -0.2) is 24.0 Å². The van der Waals surface area contributed by atoms with Crippen LogP contribution in [0.25, 0.3) is 17.0 Å². The molecule has 4 N–H and O–H groups in total. The van der Waals surface area contributed by atoms with Gasteiger partial charge in [-0.3, -0.25) is 25.0 Å². The highest BCUT2D eigenvalue weighted by atomic mass is 79.9. The summed E-state index contributed by atoms with van der Waals surface area (Å²) >= 11 is 3.42. The first-order valence-electron chi connectivity index (χ1n) is 17.7. The highest BCUT2D eigenvalue weighted by Gasteiger charge is 2.28. The number of esters is 1. The molecule has 310 valence electrons. The smallest absolute Gasteiger partial charge is 0.419 e. The number of fused-ring (bicyclic) bond motifs is 1. The van der Waals surface area contributed by atoms with E-state index < -0.39 is 64.7 Å². The van der Waals surface area contributed by atoms with Crippen LogP contribution in [0.2, 0.25) is 0 Å². The van der Waals surface area contributed by atoms with Crippen LogP contribution < -0.4 is 21.3 Å². The molecule has 1 aromatic heterocycles. The largest absolute Gasteiger partial charge is 0.464 e. The van der Waals surface area contributed by atoms with E-state index in [-0.39, 0.29) is 31.0 Å². The van der Waals surface area contributed by atoms with Gasteiger partial charge in [0.05, 0.1) is 12.6 Å². The molecule has 0 aliphatic heterocycles. The normalized spacial score (nSPS) is 12.8. The van der Waals surface area contributed by atoms with Crippen molar-refractivity contribution in [3.05, 3.63) is 40.1 Å². The summed E-state index contributed by atoms with van der Waals surface area (Å²) in [6, 6.07) is 3.89. The third kappa shape index (κ3) is 17.1. The third-order valence-electron chi connectivity index (χ3n) is 6.52. The average molecular weight is 852 g/mol. The van der Waals surface area contributed by atoms with Crippen LogP contribution in [-0.4, -0.2) is 88.9 Å². The average Bonchev–Trinajstić information content (AvgIpc) is 3.35. The molecule has 1 atom stereocenters. The van der Waals surface area contributed by atoms with Crippen LogP contribution in [0.3, 0.4) is 0 Å². The molecule has 4 amide bonds. The Labute approximate surface area is 335 Å². The predicted molar refractivity (Wildman–Crippen MR) is 213 cm³/mol. The van der Waals surface area contributed by atoms with E-state index in [0.717, 1.165) is 7.11 Å². The second-order valence-electron chi connectivity index (χ2n) is 16.5. The van der Waals surface area contributed by atoms with Crippen molar-refractivity contribution in [2.45, 2.75) is 124 Å². The number of aliphatic imine (C=N–C) groups is 1. The SMILES string of the molecule is COC(=O)/C(=C/c1cn(C(=O)OC(C)(C)C)c2cc(Br)ccc12)NC(=O)[C@H](CCCN=C(NC(=O)OC(C)(C)C)NC(=O)OC(C)(C)C)NC(=O)OC(C)(C)C. The highest BCUT2D eigenvalue weighted by Crippen LogP contribution is 2.28. The fourth-order valence-electron chi connectivity index (χ4n) is 4.55. The number of halogens is 1. The Morgan fingerprint density at radius 3 is 1.79 bits per heavy atom. The fourth-order valence-corrected chi connectivity index (χ4v) is 4.90. The summed E-state index contributed by atoms with van der Waals surface area (Å²) in [6.07, 6.45) is -0.496. The third-order valence-corrected chi connectivity index (χ3v) is 7.01. The van der Waals surface area contributed by atoms with E-state index in [1.807, 2.05) is 0 Å². The number of guanidine groups is 1. The maximum absolute atomic E-state index is 13.8. The Balaban J connectivity index is 2.46. The van der Waals surface area contributed by atoms with Gasteiger partial charge in [0.25, 0.3) is 0 Å². The van der Waals surface area contributed by atoms with Crippen LogP contribution in [-0.2, 0) is 33.3 Å². The minimum absolute atomic E-state index is 0.0544. The van der Waals surface area contributed by atoms with Gasteiger partial charge in [-0.1, -0.05) is 22.0 Å². The van der Waals surface area contributed by atoms with Gasteiger partial charge in [-0.05, 0) is 114 Å². The summed E-state index contributed by atoms with van der Waals surface area (Å²) in [7, 11) is 1.13. The number of rotatable bonds is 9. The van der Waals surface area contributed by atoms with Crippen LogP contribution in [0.1, 0.15) is 101 Å². The van der Waals surface area contributed by atoms with Crippen molar-refractivity contribution in [1.82, 2.24) is 25.8 Å². The Kier molecular flexibility index (Phi) is 16.1. The lowest BCUT2D eigenvalue weighted by Crippen LogP contribution is -2.48. The standard InChI is InChI=1S/C38H55BrN6O11/c1-35(2,3)53-31(48)42-25(15-14-18-40-30(43-32(49)54-36(4,5)6)44-33(50)55-37(7,8)9)28(46)41-26(29(47)52-13)19-22-21-45(34(51)56-38(10,11)12)27-20-23(39)16-17-24(22)27/h16-17,19-21,25H,14-15,18H2,1-13H3,(H,41,46)(H,42,48)(H2,40,43,44,49,50)/b26-19-/t25-/m0/s1. The van der Waals surface area contributed by atoms with Gasteiger partial charge in [0.1, 0.15) is 34.1 Å². The zero-order valence-corrected chi connectivity index (χ0v) is 35.9. The van der Waals surface area contributed by atoms with Crippen LogP contribution in [0, 0.1) is 0 Å². The van der Waals surface area contributed by atoms with Crippen LogP contribution in [0.5, 0.6) is 0 Å². The van der Waals surface area contributed by atoms with Crippen molar-refractivity contribution in [2.24, 2.45) is 4.99 Å². The van der Waals surface area contributed by atoms with Gasteiger partial charge in [-0.2, -0.15) is 0 Å². The lowest BCUT2D eigenvalue weighted by atomic mass is 10.1. The van der Waals surface area contributed by atoms with Gasteiger partial charge >= 0.3 is 30.3 Å². The van der Waals surface area contributed by atoms with Crippen molar-refractivity contribution in [3.63, 3.8) is 0 Å². The number of nitrogens with zero attached hydrogens (tertiary/aromatic N) is 2. The molecule has 2 aromatic rings. The van der Waals surface area contributed by atoms with Crippen molar-refractivity contribution >= 4 is 75.1 Å². The van der Waals surface area contributed by atoms with Crippen LogP contribution in [0.15, 0.2) is 39.6 Å². The number of carbonyl (C=O) groups excluding carboxylic acids is 6. The maximum atomic E-state index is 13.8. The van der Waals surface area contributed by atoms with Gasteiger partial charge in [-0.15, -0.1) is 0 Å². The number of hydrogen-bond acceptors (Lipinski definition) is 12. The Morgan fingerprint density at radius 2 is 1.29 bits per heavy atom. The summed E-state index contributed by atoms with van der Waals surface area (Å²) in [5, 5.41) is 10.4. The molecule has 0 saturated heterocycles. The van der Waals surface area contributed by atoms with Gasteiger partial charge in [0.15, 0.2) is 0 Å². The van der Waals surface area contributed by atoms with E-state index in [1.54, 1.807) is 101 Å². The van der Waals surface area contributed by atoms with Crippen LogP contribution in [0.4, 0.5) is 19.2 Å².